The van der Waals surface area contributed by atoms with Crippen LogP contribution in [0.3, 0.4) is 0 Å². The zero-order chi connectivity index (χ0) is 14.3. The number of amides is 2. The summed E-state index contributed by atoms with van der Waals surface area (Å²) in [6.07, 6.45) is 0.893. The molecule has 1 rings (SSSR count). The van der Waals surface area contributed by atoms with Crippen molar-refractivity contribution in [2.45, 2.75) is 26.3 Å². The summed E-state index contributed by atoms with van der Waals surface area (Å²) in [5.74, 6) is -0.207. The van der Waals surface area contributed by atoms with E-state index >= 15 is 0 Å². The van der Waals surface area contributed by atoms with Gasteiger partial charge in [-0.2, -0.15) is 0 Å². The molecule has 0 spiro atoms. The lowest BCUT2D eigenvalue weighted by molar-refractivity contribution is -0.115. The standard InChI is InChI=1S/C14H21N3O2/c1-4-10(2)16-14(19)11-5-7-12(8-6-11)17-13(18)9-15-3/h5-8,10,15H,4,9H2,1-3H3,(H,16,19)(H,17,18). The topological polar surface area (TPSA) is 70.2 Å². The Labute approximate surface area is 113 Å². The summed E-state index contributed by atoms with van der Waals surface area (Å²) in [4.78, 5) is 23.2. The van der Waals surface area contributed by atoms with Crippen molar-refractivity contribution in [1.29, 1.82) is 0 Å². The first-order valence-electron chi connectivity index (χ1n) is 6.42. The van der Waals surface area contributed by atoms with Gasteiger partial charge in [-0.25, -0.2) is 0 Å². The zero-order valence-corrected chi connectivity index (χ0v) is 11.6. The van der Waals surface area contributed by atoms with Gasteiger partial charge in [-0.1, -0.05) is 6.92 Å². The van der Waals surface area contributed by atoms with Crippen LogP contribution < -0.4 is 16.0 Å². The van der Waals surface area contributed by atoms with E-state index in [0.717, 1.165) is 6.42 Å². The van der Waals surface area contributed by atoms with Gasteiger partial charge in [-0.3, -0.25) is 9.59 Å². The average molecular weight is 263 g/mol. The highest BCUT2D eigenvalue weighted by Gasteiger charge is 2.08. The van der Waals surface area contributed by atoms with E-state index < -0.39 is 0 Å². The number of hydrogen-bond acceptors (Lipinski definition) is 3. The molecule has 0 heterocycles. The van der Waals surface area contributed by atoms with Gasteiger partial charge < -0.3 is 16.0 Å². The normalized spacial score (nSPS) is 11.7. The minimum absolute atomic E-state index is 0.0950. The Bertz CT molecular complexity index is 429. The van der Waals surface area contributed by atoms with Gasteiger partial charge in [0.25, 0.3) is 5.91 Å². The Morgan fingerprint density at radius 1 is 1.21 bits per heavy atom. The van der Waals surface area contributed by atoms with E-state index in [1.165, 1.54) is 0 Å². The summed E-state index contributed by atoms with van der Waals surface area (Å²) in [6.45, 7) is 4.24. The fraction of sp³-hybridized carbons (Fsp3) is 0.429. The van der Waals surface area contributed by atoms with Gasteiger partial charge in [0.1, 0.15) is 0 Å². The second-order valence-electron chi connectivity index (χ2n) is 4.44. The van der Waals surface area contributed by atoms with Crippen molar-refractivity contribution in [3.8, 4) is 0 Å². The van der Waals surface area contributed by atoms with Gasteiger partial charge >= 0.3 is 0 Å². The largest absolute Gasteiger partial charge is 0.350 e. The highest BCUT2D eigenvalue weighted by atomic mass is 16.2. The predicted molar refractivity (Wildman–Crippen MR) is 76.2 cm³/mol. The molecule has 0 aliphatic heterocycles. The Hall–Kier alpha value is -1.88. The summed E-state index contributed by atoms with van der Waals surface area (Å²) >= 11 is 0. The molecule has 0 aromatic heterocycles. The molecule has 1 aromatic carbocycles. The quantitative estimate of drug-likeness (QED) is 0.726. The lowest BCUT2D eigenvalue weighted by Gasteiger charge is -2.11. The van der Waals surface area contributed by atoms with E-state index in [9.17, 15) is 9.59 Å². The van der Waals surface area contributed by atoms with Gasteiger partial charge in [-0.05, 0) is 44.7 Å². The smallest absolute Gasteiger partial charge is 0.251 e. The van der Waals surface area contributed by atoms with Crippen molar-refractivity contribution in [2.24, 2.45) is 0 Å². The van der Waals surface area contributed by atoms with Gasteiger partial charge in [0.2, 0.25) is 5.91 Å². The van der Waals surface area contributed by atoms with Gasteiger partial charge in [-0.15, -0.1) is 0 Å². The van der Waals surface area contributed by atoms with E-state index in [2.05, 4.69) is 16.0 Å². The number of rotatable bonds is 6. The maximum Gasteiger partial charge on any atom is 0.251 e. The zero-order valence-electron chi connectivity index (χ0n) is 11.6. The molecule has 3 N–H and O–H groups in total. The molecular weight excluding hydrogens is 242 g/mol. The fourth-order valence-corrected chi connectivity index (χ4v) is 1.48. The molecule has 1 aromatic rings. The van der Waals surface area contributed by atoms with Crippen LogP contribution in [0.25, 0.3) is 0 Å². The molecule has 1 unspecified atom stereocenters. The summed E-state index contributed by atoms with van der Waals surface area (Å²) in [5, 5.41) is 8.39. The number of nitrogens with one attached hydrogen (secondary N) is 3. The second-order valence-corrected chi connectivity index (χ2v) is 4.44. The maximum absolute atomic E-state index is 11.8. The van der Waals surface area contributed by atoms with E-state index in [-0.39, 0.29) is 24.4 Å². The lowest BCUT2D eigenvalue weighted by Crippen LogP contribution is -2.31. The Kier molecular flexibility index (Phi) is 6.02. The van der Waals surface area contributed by atoms with Crippen molar-refractivity contribution in [2.75, 3.05) is 18.9 Å². The fourth-order valence-electron chi connectivity index (χ4n) is 1.48. The Morgan fingerprint density at radius 3 is 2.37 bits per heavy atom. The summed E-state index contributed by atoms with van der Waals surface area (Å²) in [7, 11) is 1.71. The van der Waals surface area contributed by atoms with Crippen molar-refractivity contribution >= 4 is 17.5 Å². The van der Waals surface area contributed by atoms with Crippen molar-refractivity contribution in [3.05, 3.63) is 29.8 Å². The van der Waals surface area contributed by atoms with Crippen molar-refractivity contribution in [3.63, 3.8) is 0 Å². The van der Waals surface area contributed by atoms with Gasteiger partial charge in [0, 0.05) is 17.3 Å². The Morgan fingerprint density at radius 2 is 1.84 bits per heavy atom. The second kappa shape index (κ2) is 7.53. The van der Waals surface area contributed by atoms with Crippen LogP contribution in [0.4, 0.5) is 5.69 Å². The third-order valence-corrected chi connectivity index (χ3v) is 2.76. The molecule has 0 fully saturated rings. The molecule has 5 nitrogen and oxygen atoms in total. The van der Waals surface area contributed by atoms with Gasteiger partial charge in [0.15, 0.2) is 0 Å². The maximum atomic E-state index is 11.8. The molecule has 0 saturated carbocycles. The molecule has 19 heavy (non-hydrogen) atoms. The molecule has 104 valence electrons. The van der Waals surface area contributed by atoms with Crippen LogP contribution in [-0.4, -0.2) is 31.4 Å². The SMILES string of the molecule is CCC(C)NC(=O)c1ccc(NC(=O)CNC)cc1. The lowest BCUT2D eigenvalue weighted by atomic mass is 10.1. The first kappa shape index (κ1) is 15.2. The van der Waals surface area contributed by atoms with Crippen molar-refractivity contribution < 1.29 is 9.59 Å². The van der Waals surface area contributed by atoms with Crippen LogP contribution in [0.15, 0.2) is 24.3 Å². The van der Waals surface area contributed by atoms with E-state index in [1.54, 1.807) is 31.3 Å². The van der Waals surface area contributed by atoms with Crippen LogP contribution in [0, 0.1) is 0 Å². The predicted octanol–water partition coefficient (Wildman–Crippen LogP) is 1.37. The monoisotopic (exact) mass is 263 g/mol. The minimum Gasteiger partial charge on any atom is -0.350 e. The van der Waals surface area contributed by atoms with Crippen LogP contribution in [0.1, 0.15) is 30.6 Å². The van der Waals surface area contributed by atoms with Crippen LogP contribution >= 0.6 is 0 Å². The number of anilines is 1. The number of carbonyl (C=O) groups excluding carboxylic acids is 2. The number of carbonyl (C=O) groups is 2. The molecule has 2 amide bonds. The van der Waals surface area contributed by atoms with Crippen molar-refractivity contribution in [1.82, 2.24) is 10.6 Å². The van der Waals surface area contributed by atoms with Crippen LogP contribution in [-0.2, 0) is 4.79 Å². The van der Waals surface area contributed by atoms with Crippen LogP contribution in [0.2, 0.25) is 0 Å². The summed E-state index contributed by atoms with van der Waals surface area (Å²) < 4.78 is 0. The number of benzene rings is 1. The minimum atomic E-state index is -0.112. The highest BCUT2D eigenvalue weighted by Crippen LogP contribution is 2.09. The molecule has 0 radical (unpaired) electrons. The Balaban J connectivity index is 2.60. The molecule has 0 aliphatic rings. The van der Waals surface area contributed by atoms with E-state index in [4.69, 9.17) is 0 Å². The van der Waals surface area contributed by atoms with Crippen LogP contribution in [0.5, 0.6) is 0 Å². The third-order valence-electron chi connectivity index (χ3n) is 2.76. The first-order valence-corrected chi connectivity index (χ1v) is 6.42. The number of likely N-dealkylation sites (N-methyl/N-ethyl adjacent to an activating group) is 1. The first-order chi connectivity index (χ1) is 9.06. The molecule has 0 bridgehead atoms. The summed E-state index contributed by atoms with van der Waals surface area (Å²) in [6, 6.07) is 7.00. The average Bonchev–Trinajstić information content (AvgIpc) is 2.39. The molecular formula is C14H21N3O2. The molecule has 0 aliphatic carbocycles. The summed E-state index contributed by atoms with van der Waals surface area (Å²) in [5.41, 5.74) is 1.27. The highest BCUT2D eigenvalue weighted by molar-refractivity contribution is 5.96. The molecule has 5 heteroatoms. The molecule has 1 atom stereocenters. The molecule has 0 saturated heterocycles. The van der Waals surface area contributed by atoms with E-state index in [0.29, 0.717) is 11.3 Å². The third kappa shape index (κ3) is 5.09. The van der Waals surface area contributed by atoms with E-state index in [1.807, 2.05) is 13.8 Å². The number of hydrogen-bond donors (Lipinski definition) is 3. The van der Waals surface area contributed by atoms with Gasteiger partial charge in [0.05, 0.1) is 6.54 Å².